The Labute approximate surface area is 126 Å². The highest BCUT2D eigenvalue weighted by Crippen LogP contribution is 2.22. The number of hydrogen-bond acceptors (Lipinski definition) is 4. The molecule has 0 bridgehead atoms. The molecule has 0 aromatic heterocycles. The van der Waals surface area contributed by atoms with E-state index in [0.29, 0.717) is 6.42 Å². The largest absolute Gasteiger partial charge is 0.461 e. The zero-order chi connectivity index (χ0) is 15.2. The van der Waals surface area contributed by atoms with Crippen molar-refractivity contribution in [3.8, 4) is 0 Å². The number of benzene rings is 1. The van der Waals surface area contributed by atoms with Crippen LogP contribution >= 0.6 is 0 Å². The van der Waals surface area contributed by atoms with E-state index in [1.54, 1.807) is 0 Å². The molecule has 4 heteroatoms. The van der Waals surface area contributed by atoms with Crippen molar-refractivity contribution in [2.45, 2.75) is 63.9 Å². The van der Waals surface area contributed by atoms with Crippen molar-refractivity contribution in [1.82, 2.24) is 0 Å². The highest BCUT2D eigenvalue weighted by molar-refractivity contribution is 5.75. The second-order valence-electron chi connectivity index (χ2n) is 5.92. The van der Waals surface area contributed by atoms with Crippen LogP contribution in [0.1, 0.15) is 38.7 Å². The summed E-state index contributed by atoms with van der Waals surface area (Å²) in [7, 11) is 0. The molecule has 4 nitrogen and oxygen atoms in total. The minimum absolute atomic E-state index is 0.0703. The van der Waals surface area contributed by atoms with Gasteiger partial charge in [0.25, 0.3) is 0 Å². The number of hydrogen-bond donors (Lipinski definition) is 1. The van der Waals surface area contributed by atoms with Gasteiger partial charge in [0.1, 0.15) is 12.1 Å². The van der Waals surface area contributed by atoms with E-state index >= 15 is 0 Å². The first-order valence-corrected chi connectivity index (χ1v) is 7.70. The zero-order valence-corrected chi connectivity index (χ0v) is 12.8. The monoisotopic (exact) mass is 291 g/mol. The summed E-state index contributed by atoms with van der Waals surface area (Å²) in [6, 6.07) is 9.48. The summed E-state index contributed by atoms with van der Waals surface area (Å²) in [5, 5.41) is 0. The number of esters is 1. The molecule has 1 heterocycles. The third-order valence-corrected chi connectivity index (χ3v) is 3.83. The molecule has 1 aliphatic rings. The van der Waals surface area contributed by atoms with Crippen LogP contribution in [0.25, 0.3) is 0 Å². The second-order valence-corrected chi connectivity index (χ2v) is 5.92. The number of carbonyl (C=O) groups is 1. The summed E-state index contributed by atoms with van der Waals surface area (Å²) < 4.78 is 11.2. The fourth-order valence-corrected chi connectivity index (χ4v) is 2.78. The molecule has 1 fully saturated rings. The van der Waals surface area contributed by atoms with Crippen LogP contribution < -0.4 is 5.73 Å². The topological polar surface area (TPSA) is 61.5 Å². The molecule has 2 N–H and O–H groups in total. The van der Waals surface area contributed by atoms with Gasteiger partial charge in [-0.15, -0.1) is 0 Å². The Hall–Kier alpha value is -1.39. The minimum Gasteiger partial charge on any atom is -0.461 e. The molecule has 21 heavy (non-hydrogen) atoms. The van der Waals surface area contributed by atoms with Crippen LogP contribution in [-0.4, -0.2) is 30.3 Å². The summed E-state index contributed by atoms with van der Waals surface area (Å²) in [5.74, 6) is -0.294. The van der Waals surface area contributed by atoms with Crippen molar-refractivity contribution < 1.29 is 14.3 Å². The zero-order valence-electron chi connectivity index (χ0n) is 12.8. The molecular weight excluding hydrogens is 266 g/mol. The van der Waals surface area contributed by atoms with Crippen LogP contribution in [-0.2, 0) is 20.7 Å². The smallest absolute Gasteiger partial charge is 0.323 e. The van der Waals surface area contributed by atoms with Crippen LogP contribution in [0.4, 0.5) is 0 Å². The normalized spacial score (nSPS) is 27.1. The van der Waals surface area contributed by atoms with Gasteiger partial charge in [0.2, 0.25) is 0 Å². The first kappa shape index (κ1) is 16.0. The number of rotatable bonds is 5. The molecule has 2 rings (SSSR count). The van der Waals surface area contributed by atoms with E-state index in [4.69, 9.17) is 15.2 Å². The summed E-state index contributed by atoms with van der Waals surface area (Å²) in [6.07, 6.45) is 3.09. The van der Waals surface area contributed by atoms with Crippen molar-refractivity contribution >= 4 is 5.97 Å². The lowest BCUT2D eigenvalue weighted by molar-refractivity contribution is -0.161. The molecule has 1 aromatic rings. The van der Waals surface area contributed by atoms with E-state index in [-0.39, 0.29) is 24.3 Å². The molecule has 3 atom stereocenters. The van der Waals surface area contributed by atoms with E-state index in [0.717, 1.165) is 19.3 Å². The standard InChI is InChI=1S/C17H25NO3/c1-12-10-15(11-13(2)20-12)21-17(19)16(18)9-8-14-6-4-3-5-7-14/h3-7,12-13,15-16H,8-11,18H2,1-2H3/t12?,13?,15?,16-/m0/s1. The number of carbonyl (C=O) groups excluding carboxylic acids is 1. The second kappa shape index (κ2) is 7.57. The van der Waals surface area contributed by atoms with Crippen molar-refractivity contribution in [2.24, 2.45) is 5.73 Å². The van der Waals surface area contributed by atoms with Crippen molar-refractivity contribution in [3.05, 3.63) is 35.9 Å². The summed E-state index contributed by atoms with van der Waals surface area (Å²) in [6.45, 7) is 4.01. The highest BCUT2D eigenvalue weighted by Gasteiger charge is 2.28. The third-order valence-electron chi connectivity index (χ3n) is 3.83. The van der Waals surface area contributed by atoms with Gasteiger partial charge in [0.15, 0.2) is 0 Å². The van der Waals surface area contributed by atoms with E-state index in [1.165, 1.54) is 5.56 Å². The molecule has 1 saturated heterocycles. The van der Waals surface area contributed by atoms with Gasteiger partial charge in [-0.2, -0.15) is 0 Å². The Morgan fingerprint density at radius 1 is 1.29 bits per heavy atom. The molecule has 0 aliphatic carbocycles. The van der Waals surface area contributed by atoms with E-state index in [2.05, 4.69) is 0 Å². The Bertz CT molecular complexity index is 439. The predicted molar refractivity (Wildman–Crippen MR) is 81.9 cm³/mol. The first-order valence-electron chi connectivity index (χ1n) is 7.70. The Morgan fingerprint density at radius 2 is 1.90 bits per heavy atom. The van der Waals surface area contributed by atoms with Gasteiger partial charge in [-0.25, -0.2) is 0 Å². The van der Waals surface area contributed by atoms with Gasteiger partial charge >= 0.3 is 5.97 Å². The average Bonchev–Trinajstić information content (AvgIpc) is 2.44. The maximum absolute atomic E-state index is 12.1. The van der Waals surface area contributed by atoms with Gasteiger partial charge in [0, 0.05) is 12.8 Å². The first-order chi connectivity index (χ1) is 10.0. The van der Waals surface area contributed by atoms with E-state index in [9.17, 15) is 4.79 Å². The minimum atomic E-state index is -0.557. The van der Waals surface area contributed by atoms with Gasteiger partial charge < -0.3 is 15.2 Å². The van der Waals surface area contributed by atoms with Gasteiger partial charge in [-0.1, -0.05) is 30.3 Å². The number of ether oxygens (including phenoxy) is 2. The Balaban J connectivity index is 1.77. The lowest BCUT2D eigenvalue weighted by Gasteiger charge is -2.32. The molecule has 0 radical (unpaired) electrons. The third kappa shape index (κ3) is 5.14. The molecule has 0 amide bonds. The summed E-state index contributed by atoms with van der Waals surface area (Å²) in [4.78, 5) is 12.1. The number of nitrogens with two attached hydrogens (primary N) is 1. The van der Waals surface area contributed by atoms with Crippen molar-refractivity contribution in [3.63, 3.8) is 0 Å². The maximum Gasteiger partial charge on any atom is 0.323 e. The lowest BCUT2D eigenvalue weighted by Crippen LogP contribution is -2.40. The highest BCUT2D eigenvalue weighted by atomic mass is 16.6. The molecule has 0 spiro atoms. The predicted octanol–water partition coefficient (Wildman–Crippen LogP) is 2.45. The van der Waals surface area contributed by atoms with Crippen LogP contribution in [0.5, 0.6) is 0 Å². The van der Waals surface area contributed by atoms with Gasteiger partial charge in [-0.3, -0.25) is 4.79 Å². The van der Waals surface area contributed by atoms with Crippen molar-refractivity contribution in [2.75, 3.05) is 0 Å². The molecule has 0 saturated carbocycles. The van der Waals surface area contributed by atoms with Gasteiger partial charge in [-0.05, 0) is 32.3 Å². The molecule has 2 unspecified atom stereocenters. The average molecular weight is 291 g/mol. The fourth-order valence-electron chi connectivity index (χ4n) is 2.78. The molecule has 116 valence electrons. The van der Waals surface area contributed by atoms with Crippen molar-refractivity contribution in [1.29, 1.82) is 0 Å². The quantitative estimate of drug-likeness (QED) is 0.846. The van der Waals surface area contributed by atoms with E-state index in [1.807, 2.05) is 44.2 Å². The summed E-state index contributed by atoms with van der Waals surface area (Å²) in [5.41, 5.74) is 7.13. The number of aryl methyl sites for hydroxylation is 1. The fraction of sp³-hybridized carbons (Fsp3) is 0.588. The Morgan fingerprint density at radius 3 is 2.52 bits per heavy atom. The van der Waals surface area contributed by atoms with Crippen LogP contribution in [0.2, 0.25) is 0 Å². The van der Waals surface area contributed by atoms with E-state index < -0.39 is 6.04 Å². The lowest BCUT2D eigenvalue weighted by atomic mass is 10.0. The van der Waals surface area contributed by atoms with Crippen LogP contribution in [0, 0.1) is 0 Å². The molecule has 1 aliphatic heterocycles. The molecular formula is C17H25NO3. The Kier molecular flexibility index (Phi) is 5.76. The summed E-state index contributed by atoms with van der Waals surface area (Å²) >= 11 is 0. The molecule has 1 aromatic carbocycles. The van der Waals surface area contributed by atoms with Crippen LogP contribution in [0.3, 0.4) is 0 Å². The van der Waals surface area contributed by atoms with Gasteiger partial charge in [0.05, 0.1) is 12.2 Å². The SMILES string of the molecule is CC1CC(OC(=O)[C@@H](N)CCc2ccccc2)CC(C)O1. The van der Waals surface area contributed by atoms with Crippen LogP contribution in [0.15, 0.2) is 30.3 Å². The maximum atomic E-state index is 12.1.